The number of nitrogens with zero attached hydrogens (tertiary/aromatic N) is 2. The van der Waals surface area contributed by atoms with Gasteiger partial charge in [-0.1, -0.05) is 0 Å². The van der Waals surface area contributed by atoms with Crippen molar-refractivity contribution < 1.29 is 20.1 Å². The lowest BCUT2D eigenvalue weighted by molar-refractivity contribution is -0.0507. The van der Waals surface area contributed by atoms with Crippen LogP contribution in [-0.2, 0) is 4.74 Å². The van der Waals surface area contributed by atoms with Crippen molar-refractivity contribution in [3.05, 3.63) is 22.6 Å². The number of anilines is 1. The SMILES string of the molecule is Nc1nc2ccn([C@@H]3O[C@H](CO)[C@@H](O)[C@H]3O)c2c(=O)[nH]1. The van der Waals surface area contributed by atoms with Gasteiger partial charge in [0, 0.05) is 6.20 Å². The monoisotopic (exact) mass is 282 g/mol. The summed E-state index contributed by atoms with van der Waals surface area (Å²) in [5, 5.41) is 28.8. The second kappa shape index (κ2) is 4.56. The van der Waals surface area contributed by atoms with Gasteiger partial charge in [0.25, 0.3) is 5.56 Å². The topological polar surface area (TPSA) is 147 Å². The Bertz CT molecular complexity index is 696. The van der Waals surface area contributed by atoms with Crippen LogP contribution in [0.3, 0.4) is 0 Å². The van der Waals surface area contributed by atoms with E-state index in [-0.39, 0.29) is 11.5 Å². The molecule has 0 radical (unpaired) electrons. The van der Waals surface area contributed by atoms with Gasteiger partial charge >= 0.3 is 0 Å². The first-order chi connectivity index (χ1) is 9.52. The van der Waals surface area contributed by atoms with Crippen LogP contribution in [0.5, 0.6) is 0 Å². The maximum atomic E-state index is 11.9. The van der Waals surface area contributed by atoms with Crippen LogP contribution in [0.15, 0.2) is 17.1 Å². The lowest BCUT2D eigenvalue weighted by Crippen LogP contribution is -2.33. The molecule has 3 rings (SSSR count). The summed E-state index contributed by atoms with van der Waals surface area (Å²) < 4.78 is 6.74. The predicted octanol–water partition coefficient (Wildman–Crippen LogP) is -2.08. The molecule has 0 aliphatic carbocycles. The molecular formula is C11H14N4O5. The van der Waals surface area contributed by atoms with E-state index in [0.29, 0.717) is 5.52 Å². The number of H-pyrrole nitrogens is 1. The number of nitrogens with two attached hydrogens (primary N) is 1. The highest BCUT2D eigenvalue weighted by Crippen LogP contribution is 2.31. The summed E-state index contributed by atoms with van der Waals surface area (Å²) >= 11 is 0. The first kappa shape index (κ1) is 13.1. The maximum Gasteiger partial charge on any atom is 0.276 e. The zero-order valence-electron chi connectivity index (χ0n) is 10.3. The van der Waals surface area contributed by atoms with Gasteiger partial charge in [0.05, 0.1) is 12.1 Å². The highest BCUT2D eigenvalue weighted by Gasteiger charge is 2.43. The van der Waals surface area contributed by atoms with Crippen molar-refractivity contribution in [2.24, 2.45) is 0 Å². The Balaban J connectivity index is 2.10. The van der Waals surface area contributed by atoms with Gasteiger partial charge in [0.2, 0.25) is 5.95 Å². The Morgan fingerprint density at radius 2 is 2.20 bits per heavy atom. The van der Waals surface area contributed by atoms with Crippen LogP contribution in [0.25, 0.3) is 11.0 Å². The minimum atomic E-state index is -1.26. The molecule has 3 heterocycles. The third-order valence-corrected chi connectivity index (χ3v) is 3.38. The molecule has 0 amide bonds. The molecule has 0 bridgehead atoms. The summed E-state index contributed by atoms with van der Waals surface area (Å²) in [6, 6.07) is 1.55. The van der Waals surface area contributed by atoms with Crippen molar-refractivity contribution in [2.75, 3.05) is 12.3 Å². The number of hydrogen-bond donors (Lipinski definition) is 5. The molecule has 2 aromatic rings. The number of nitrogen functional groups attached to an aromatic ring is 1. The second-order valence-electron chi connectivity index (χ2n) is 4.64. The molecule has 0 aromatic carbocycles. The highest BCUT2D eigenvalue weighted by molar-refractivity contribution is 5.75. The molecule has 9 heteroatoms. The number of fused-ring (bicyclic) bond motifs is 1. The lowest BCUT2D eigenvalue weighted by Gasteiger charge is -2.17. The predicted molar refractivity (Wildman–Crippen MR) is 67.8 cm³/mol. The summed E-state index contributed by atoms with van der Waals surface area (Å²) in [6.07, 6.45) is -2.88. The number of ether oxygens (including phenoxy) is 1. The molecule has 1 aliphatic heterocycles. The van der Waals surface area contributed by atoms with Crippen LogP contribution in [0.4, 0.5) is 5.95 Å². The van der Waals surface area contributed by atoms with Gasteiger partial charge in [-0.3, -0.25) is 9.78 Å². The maximum absolute atomic E-state index is 11.9. The Morgan fingerprint density at radius 3 is 2.85 bits per heavy atom. The third-order valence-electron chi connectivity index (χ3n) is 3.38. The lowest BCUT2D eigenvalue weighted by atomic mass is 10.1. The molecule has 9 nitrogen and oxygen atoms in total. The Labute approximate surface area is 112 Å². The zero-order valence-corrected chi connectivity index (χ0v) is 10.3. The number of rotatable bonds is 2. The summed E-state index contributed by atoms with van der Waals surface area (Å²) in [4.78, 5) is 18.3. The van der Waals surface area contributed by atoms with E-state index in [4.69, 9.17) is 15.6 Å². The number of nitrogens with one attached hydrogen (secondary N) is 1. The van der Waals surface area contributed by atoms with Crippen LogP contribution in [-0.4, -0.2) is 54.8 Å². The molecule has 2 aromatic heterocycles. The first-order valence-corrected chi connectivity index (χ1v) is 6.01. The number of aliphatic hydroxyl groups excluding tert-OH is 3. The fourth-order valence-corrected chi connectivity index (χ4v) is 2.42. The summed E-state index contributed by atoms with van der Waals surface area (Å²) in [5.74, 6) is -0.0126. The van der Waals surface area contributed by atoms with Crippen LogP contribution in [0.2, 0.25) is 0 Å². The molecule has 20 heavy (non-hydrogen) atoms. The Morgan fingerprint density at radius 1 is 1.45 bits per heavy atom. The number of aliphatic hydroxyl groups is 3. The van der Waals surface area contributed by atoms with E-state index in [2.05, 4.69) is 9.97 Å². The summed E-state index contributed by atoms with van der Waals surface area (Å²) in [7, 11) is 0. The van der Waals surface area contributed by atoms with E-state index in [1.54, 1.807) is 6.07 Å². The van der Waals surface area contributed by atoms with Gasteiger partial charge in [0.15, 0.2) is 6.23 Å². The van der Waals surface area contributed by atoms with Crippen LogP contribution in [0.1, 0.15) is 6.23 Å². The summed E-state index contributed by atoms with van der Waals surface area (Å²) in [5.41, 5.74) is 5.50. The molecule has 1 fully saturated rings. The van der Waals surface area contributed by atoms with Crippen molar-refractivity contribution in [1.29, 1.82) is 0 Å². The Hall–Kier alpha value is -1.94. The van der Waals surface area contributed by atoms with E-state index >= 15 is 0 Å². The van der Waals surface area contributed by atoms with E-state index in [0.717, 1.165) is 0 Å². The average molecular weight is 282 g/mol. The van der Waals surface area contributed by atoms with Crippen LogP contribution < -0.4 is 11.3 Å². The Kier molecular flexibility index (Phi) is 2.98. The van der Waals surface area contributed by atoms with Gasteiger partial charge in [-0.05, 0) is 6.07 Å². The standard InChI is InChI=1S/C11H14N4O5/c12-11-13-4-1-2-15(6(4)9(19)14-11)10-8(18)7(17)5(3-16)20-10/h1-2,5,7-8,10,16-18H,3H2,(H3,12,13,14,19)/t5-,7-,8-,10-/m1/s1. The highest BCUT2D eigenvalue weighted by atomic mass is 16.6. The third kappa shape index (κ3) is 1.79. The fourth-order valence-electron chi connectivity index (χ4n) is 2.42. The van der Waals surface area contributed by atoms with Gasteiger partial charge in [-0.15, -0.1) is 0 Å². The minimum absolute atomic E-state index is 0.0126. The number of hydrogen-bond acceptors (Lipinski definition) is 7. The van der Waals surface area contributed by atoms with Gasteiger partial charge < -0.3 is 30.4 Å². The van der Waals surface area contributed by atoms with E-state index in [9.17, 15) is 15.0 Å². The smallest absolute Gasteiger partial charge is 0.276 e. The van der Waals surface area contributed by atoms with E-state index < -0.39 is 36.7 Å². The van der Waals surface area contributed by atoms with Crippen molar-refractivity contribution in [3.8, 4) is 0 Å². The molecule has 0 saturated carbocycles. The molecular weight excluding hydrogens is 268 g/mol. The molecule has 108 valence electrons. The molecule has 0 spiro atoms. The van der Waals surface area contributed by atoms with Crippen LogP contribution >= 0.6 is 0 Å². The normalized spacial score (nSPS) is 30.1. The number of aromatic amines is 1. The van der Waals surface area contributed by atoms with Crippen molar-refractivity contribution in [3.63, 3.8) is 0 Å². The van der Waals surface area contributed by atoms with E-state index in [1.165, 1.54) is 10.8 Å². The van der Waals surface area contributed by atoms with E-state index in [1.807, 2.05) is 0 Å². The van der Waals surface area contributed by atoms with Crippen LogP contribution in [0, 0.1) is 0 Å². The molecule has 0 unspecified atom stereocenters. The minimum Gasteiger partial charge on any atom is -0.394 e. The van der Waals surface area contributed by atoms with Gasteiger partial charge in [-0.25, -0.2) is 4.98 Å². The molecule has 1 saturated heterocycles. The zero-order chi connectivity index (χ0) is 14.4. The summed E-state index contributed by atoms with van der Waals surface area (Å²) in [6.45, 7) is -0.435. The van der Waals surface area contributed by atoms with Crippen molar-refractivity contribution in [2.45, 2.75) is 24.5 Å². The van der Waals surface area contributed by atoms with Gasteiger partial charge in [0.1, 0.15) is 23.8 Å². The molecule has 4 atom stereocenters. The fraction of sp³-hybridized carbons (Fsp3) is 0.455. The quantitative estimate of drug-likeness (QED) is 0.424. The average Bonchev–Trinajstić information content (AvgIpc) is 2.93. The number of aromatic nitrogens is 3. The van der Waals surface area contributed by atoms with Crippen molar-refractivity contribution in [1.82, 2.24) is 14.5 Å². The van der Waals surface area contributed by atoms with Gasteiger partial charge in [-0.2, -0.15) is 0 Å². The largest absolute Gasteiger partial charge is 0.394 e. The second-order valence-corrected chi connectivity index (χ2v) is 4.64. The molecule has 1 aliphatic rings. The molecule has 6 N–H and O–H groups in total. The van der Waals surface area contributed by atoms with Crippen molar-refractivity contribution >= 4 is 17.0 Å². The first-order valence-electron chi connectivity index (χ1n) is 6.01.